The van der Waals surface area contributed by atoms with Crippen LogP contribution in [0.1, 0.15) is 30.4 Å². The number of anilines is 3. The number of hydrogen-bond donors (Lipinski definition) is 2. The summed E-state index contributed by atoms with van der Waals surface area (Å²) in [5, 5.41) is 4.75. The monoisotopic (exact) mass is 425 g/mol. The van der Waals surface area contributed by atoms with Crippen molar-refractivity contribution in [2.24, 2.45) is 0 Å². The molecular formula is C23H28ClN5O. The molecule has 3 aromatic rings. The molecule has 0 aliphatic carbocycles. The standard InChI is InChI=1S/C23H28ClN5O/c1-15-8-9-26-23(20(15)25)28-22-16(2)14-17-19(7-6-18(24)21(17)27-22)30-13-12-29-10-4-3-5-11-29/h6-9,14H,3-5,10-13,25H2,1-2H3,(H,26,27,28). The van der Waals surface area contributed by atoms with Gasteiger partial charge in [-0.3, -0.25) is 4.90 Å². The summed E-state index contributed by atoms with van der Waals surface area (Å²) in [7, 11) is 0. The average molecular weight is 426 g/mol. The molecule has 6 nitrogen and oxygen atoms in total. The number of nitrogen functional groups attached to an aromatic ring is 1. The summed E-state index contributed by atoms with van der Waals surface area (Å²) in [6, 6.07) is 7.70. The van der Waals surface area contributed by atoms with E-state index in [0.717, 1.165) is 41.9 Å². The van der Waals surface area contributed by atoms with Gasteiger partial charge in [0.15, 0.2) is 5.82 Å². The van der Waals surface area contributed by atoms with Crippen LogP contribution < -0.4 is 15.8 Å². The molecule has 1 aromatic carbocycles. The van der Waals surface area contributed by atoms with E-state index in [1.807, 2.05) is 32.0 Å². The van der Waals surface area contributed by atoms with Crippen LogP contribution in [-0.2, 0) is 0 Å². The van der Waals surface area contributed by atoms with Gasteiger partial charge in [0.2, 0.25) is 0 Å². The Morgan fingerprint density at radius 2 is 1.90 bits per heavy atom. The molecule has 30 heavy (non-hydrogen) atoms. The number of aryl methyl sites for hydroxylation is 2. The highest BCUT2D eigenvalue weighted by molar-refractivity contribution is 6.35. The Balaban J connectivity index is 1.57. The first kappa shape index (κ1) is 20.7. The topological polar surface area (TPSA) is 76.3 Å². The maximum atomic E-state index is 6.47. The normalized spacial score (nSPS) is 14.8. The number of ether oxygens (including phenoxy) is 1. The quantitative estimate of drug-likeness (QED) is 0.572. The predicted octanol–water partition coefficient (Wildman–Crippen LogP) is 5.09. The maximum absolute atomic E-state index is 6.47. The first-order chi connectivity index (χ1) is 14.5. The fraction of sp³-hybridized carbons (Fsp3) is 0.391. The van der Waals surface area contributed by atoms with Crippen molar-refractivity contribution in [1.29, 1.82) is 0 Å². The fourth-order valence-electron chi connectivity index (χ4n) is 3.80. The van der Waals surface area contributed by atoms with Crippen molar-refractivity contribution < 1.29 is 4.74 Å². The van der Waals surface area contributed by atoms with Crippen LogP contribution in [0.25, 0.3) is 10.9 Å². The molecule has 3 N–H and O–H groups in total. The van der Waals surface area contributed by atoms with Gasteiger partial charge >= 0.3 is 0 Å². The fourth-order valence-corrected chi connectivity index (χ4v) is 4.01. The highest BCUT2D eigenvalue weighted by atomic mass is 35.5. The van der Waals surface area contributed by atoms with Gasteiger partial charge in [-0.15, -0.1) is 0 Å². The highest BCUT2D eigenvalue weighted by Crippen LogP contribution is 2.34. The summed E-state index contributed by atoms with van der Waals surface area (Å²) < 4.78 is 6.13. The van der Waals surface area contributed by atoms with Crippen LogP contribution in [-0.4, -0.2) is 41.1 Å². The number of benzene rings is 1. The lowest BCUT2D eigenvalue weighted by molar-refractivity contribution is 0.184. The number of nitrogens with zero attached hydrogens (tertiary/aromatic N) is 3. The van der Waals surface area contributed by atoms with Crippen molar-refractivity contribution in [1.82, 2.24) is 14.9 Å². The SMILES string of the molecule is Cc1cc2c(OCCN3CCCCC3)ccc(Cl)c2nc1Nc1nccc(C)c1N. The zero-order valence-electron chi connectivity index (χ0n) is 17.5. The maximum Gasteiger partial charge on any atom is 0.155 e. The predicted molar refractivity (Wildman–Crippen MR) is 124 cm³/mol. The Morgan fingerprint density at radius 3 is 2.70 bits per heavy atom. The third kappa shape index (κ3) is 4.45. The Labute approximate surface area is 182 Å². The Bertz CT molecular complexity index is 1050. The molecule has 158 valence electrons. The summed E-state index contributed by atoms with van der Waals surface area (Å²) in [6.45, 7) is 7.87. The van der Waals surface area contributed by atoms with Crippen molar-refractivity contribution in [2.75, 3.05) is 37.3 Å². The van der Waals surface area contributed by atoms with Crippen LogP contribution >= 0.6 is 11.6 Å². The third-order valence-electron chi connectivity index (χ3n) is 5.64. The molecule has 1 saturated heterocycles. The molecule has 0 unspecified atom stereocenters. The van der Waals surface area contributed by atoms with E-state index in [1.165, 1.54) is 19.3 Å². The third-order valence-corrected chi connectivity index (χ3v) is 5.95. The number of nitrogens with two attached hydrogens (primary N) is 1. The number of piperidine rings is 1. The van der Waals surface area contributed by atoms with Crippen LogP contribution in [0.5, 0.6) is 5.75 Å². The molecule has 7 heteroatoms. The summed E-state index contributed by atoms with van der Waals surface area (Å²) in [5.74, 6) is 2.08. The molecule has 0 saturated carbocycles. The van der Waals surface area contributed by atoms with Crippen LogP contribution in [0.15, 0.2) is 30.5 Å². The molecule has 0 atom stereocenters. The van der Waals surface area contributed by atoms with Crippen molar-refractivity contribution in [3.8, 4) is 5.75 Å². The minimum Gasteiger partial charge on any atom is -0.492 e. The number of pyridine rings is 2. The zero-order valence-corrected chi connectivity index (χ0v) is 18.3. The van der Waals surface area contributed by atoms with Gasteiger partial charge in [0, 0.05) is 18.1 Å². The highest BCUT2D eigenvalue weighted by Gasteiger charge is 2.14. The lowest BCUT2D eigenvalue weighted by Gasteiger charge is -2.26. The lowest BCUT2D eigenvalue weighted by atomic mass is 10.1. The summed E-state index contributed by atoms with van der Waals surface area (Å²) >= 11 is 6.47. The van der Waals surface area contributed by atoms with Crippen LogP contribution in [0.3, 0.4) is 0 Å². The van der Waals surface area contributed by atoms with Crippen molar-refractivity contribution in [3.63, 3.8) is 0 Å². The number of hydrogen-bond acceptors (Lipinski definition) is 6. The van der Waals surface area contributed by atoms with E-state index < -0.39 is 0 Å². The zero-order chi connectivity index (χ0) is 21.1. The smallest absolute Gasteiger partial charge is 0.155 e. The largest absolute Gasteiger partial charge is 0.492 e. The van der Waals surface area contributed by atoms with Gasteiger partial charge in [0.25, 0.3) is 0 Å². The van der Waals surface area contributed by atoms with Gasteiger partial charge in [-0.05, 0) is 75.2 Å². The molecule has 4 rings (SSSR count). The van der Waals surface area contributed by atoms with Gasteiger partial charge in [-0.1, -0.05) is 18.0 Å². The van der Waals surface area contributed by atoms with Gasteiger partial charge in [-0.2, -0.15) is 0 Å². The van der Waals surface area contributed by atoms with E-state index in [4.69, 9.17) is 27.1 Å². The molecule has 2 aromatic heterocycles. The number of halogens is 1. The van der Waals surface area contributed by atoms with Crippen LogP contribution in [0.4, 0.5) is 17.3 Å². The van der Waals surface area contributed by atoms with E-state index in [9.17, 15) is 0 Å². The van der Waals surface area contributed by atoms with E-state index in [1.54, 1.807) is 6.20 Å². The number of rotatable bonds is 6. The molecule has 0 bridgehead atoms. The minimum absolute atomic E-state index is 0.585. The number of nitrogens with one attached hydrogen (secondary N) is 1. The molecule has 1 aliphatic rings. The van der Waals surface area contributed by atoms with Crippen molar-refractivity contribution >= 4 is 39.8 Å². The summed E-state index contributed by atoms with van der Waals surface area (Å²) in [6.07, 6.45) is 5.63. The second kappa shape index (κ2) is 9.06. The second-order valence-corrected chi connectivity index (χ2v) is 8.27. The Kier molecular flexibility index (Phi) is 6.25. The first-order valence-corrected chi connectivity index (χ1v) is 10.8. The number of likely N-dealkylation sites (tertiary alicyclic amines) is 1. The minimum atomic E-state index is 0.585. The van der Waals surface area contributed by atoms with Crippen molar-refractivity contribution in [3.05, 3.63) is 46.6 Å². The Morgan fingerprint density at radius 1 is 1.10 bits per heavy atom. The number of aromatic nitrogens is 2. The molecule has 1 aliphatic heterocycles. The van der Waals surface area contributed by atoms with E-state index >= 15 is 0 Å². The summed E-state index contributed by atoms with van der Waals surface area (Å²) in [5.41, 5.74) is 9.40. The van der Waals surface area contributed by atoms with E-state index in [0.29, 0.717) is 34.5 Å². The average Bonchev–Trinajstić information content (AvgIpc) is 2.75. The first-order valence-electron chi connectivity index (χ1n) is 10.5. The summed E-state index contributed by atoms with van der Waals surface area (Å²) in [4.78, 5) is 11.6. The van der Waals surface area contributed by atoms with Crippen molar-refractivity contribution in [2.45, 2.75) is 33.1 Å². The molecule has 1 fully saturated rings. The molecule has 3 heterocycles. The molecule has 0 spiro atoms. The molecule has 0 radical (unpaired) electrons. The second-order valence-electron chi connectivity index (χ2n) is 7.86. The van der Waals surface area contributed by atoms with Crippen LogP contribution in [0, 0.1) is 13.8 Å². The molecule has 0 amide bonds. The number of fused-ring (bicyclic) bond motifs is 1. The van der Waals surface area contributed by atoms with E-state index in [-0.39, 0.29) is 0 Å². The van der Waals surface area contributed by atoms with E-state index in [2.05, 4.69) is 21.3 Å². The van der Waals surface area contributed by atoms with Crippen LogP contribution in [0.2, 0.25) is 5.02 Å². The van der Waals surface area contributed by atoms with Gasteiger partial charge < -0.3 is 15.8 Å². The molecular weight excluding hydrogens is 398 g/mol. The lowest BCUT2D eigenvalue weighted by Crippen LogP contribution is -2.33. The van der Waals surface area contributed by atoms with Gasteiger partial charge in [0.1, 0.15) is 18.2 Å². The van der Waals surface area contributed by atoms with Gasteiger partial charge in [0.05, 0.1) is 16.2 Å². The Hall–Kier alpha value is -2.57. The van der Waals surface area contributed by atoms with Gasteiger partial charge in [-0.25, -0.2) is 9.97 Å².